The maximum absolute atomic E-state index is 11.1. The van der Waals surface area contributed by atoms with E-state index in [0.29, 0.717) is 0 Å². The molecule has 1 heterocycles. The molecule has 1 aliphatic carbocycles. The molecule has 8 heteroatoms. The largest absolute Gasteiger partial charge is 0.477 e. The number of anilines is 1. The minimum atomic E-state index is -1.24. The molecule has 0 amide bonds. The second-order valence-electron chi connectivity index (χ2n) is 4.60. The SMILES string of the molecule is O=C(O)c1ccc([N+](=O)[O-])c(N(CCO)C2CCC2)n1. The molecule has 1 aromatic heterocycles. The number of aliphatic hydroxyl groups is 1. The fourth-order valence-corrected chi connectivity index (χ4v) is 2.18. The molecule has 20 heavy (non-hydrogen) atoms. The molecule has 0 unspecified atom stereocenters. The highest BCUT2D eigenvalue weighted by molar-refractivity contribution is 5.86. The highest BCUT2D eigenvalue weighted by atomic mass is 16.6. The Hall–Kier alpha value is -2.22. The van der Waals surface area contributed by atoms with Crippen molar-refractivity contribution >= 4 is 17.5 Å². The van der Waals surface area contributed by atoms with Gasteiger partial charge in [0.25, 0.3) is 0 Å². The van der Waals surface area contributed by atoms with Crippen LogP contribution in [0.1, 0.15) is 29.8 Å². The third-order valence-electron chi connectivity index (χ3n) is 3.40. The molecule has 108 valence electrons. The molecule has 1 saturated carbocycles. The molecule has 0 radical (unpaired) electrons. The molecule has 1 aliphatic rings. The number of carbonyl (C=O) groups is 1. The first kappa shape index (κ1) is 14.2. The van der Waals surface area contributed by atoms with Gasteiger partial charge in [-0.1, -0.05) is 0 Å². The number of hydrogen-bond donors (Lipinski definition) is 2. The van der Waals surface area contributed by atoms with Gasteiger partial charge in [0.2, 0.25) is 5.82 Å². The first-order valence-corrected chi connectivity index (χ1v) is 6.31. The van der Waals surface area contributed by atoms with E-state index in [1.54, 1.807) is 4.90 Å². The van der Waals surface area contributed by atoms with Crippen LogP contribution in [-0.4, -0.2) is 45.3 Å². The lowest BCUT2D eigenvalue weighted by Gasteiger charge is -2.37. The Kier molecular flexibility index (Phi) is 4.14. The first-order chi connectivity index (χ1) is 9.54. The summed E-state index contributed by atoms with van der Waals surface area (Å²) in [4.78, 5) is 27.0. The molecule has 2 N–H and O–H groups in total. The van der Waals surface area contributed by atoms with Crippen LogP contribution in [0.5, 0.6) is 0 Å². The van der Waals surface area contributed by atoms with Crippen molar-refractivity contribution in [3.05, 3.63) is 27.9 Å². The van der Waals surface area contributed by atoms with Crippen LogP contribution in [0.4, 0.5) is 11.5 Å². The topological polar surface area (TPSA) is 117 Å². The van der Waals surface area contributed by atoms with Crippen molar-refractivity contribution in [1.29, 1.82) is 0 Å². The van der Waals surface area contributed by atoms with Crippen molar-refractivity contribution in [2.75, 3.05) is 18.1 Å². The number of pyridine rings is 1. The third-order valence-corrected chi connectivity index (χ3v) is 3.40. The summed E-state index contributed by atoms with van der Waals surface area (Å²) >= 11 is 0. The molecule has 0 bridgehead atoms. The van der Waals surface area contributed by atoms with E-state index in [2.05, 4.69) is 4.98 Å². The van der Waals surface area contributed by atoms with Crippen LogP contribution in [0.2, 0.25) is 0 Å². The number of rotatable bonds is 6. The predicted molar refractivity (Wildman–Crippen MR) is 69.9 cm³/mol. The van der Waals surface area contributed by atoms with Gasteiger partial charge in [-0.15, -0.1) is 0 Å². The molecule has 0 atom stereocenters. The quantitative estimate of drug-likeness (QED) is 0.591. The average Bonchev–Trinajstić information content (AvgIpc) is 2.35. The van der Waals surface area contributed by atoms with Gasteiger partial charge in [0.1, 0.15) is 0 Å². The molecule has 1 fully saturated rings. The summed E-state index contributed by atoms with van der Waals surface area (Å²) in [6.07, 6.45) is 2.73. The van der Waals surface area contributed by atoms with E-state index in [-0.39, 0.29) is 36.4 Å². The third kappa shape index (κ3) is 2.69. The van der Waals surface area contributed by atoms with E-state index in [4.69, 9.17) is 10.2 Å². The van der Waals surface area contributed by atoms with Gasteiger partial charge in [-0.25, -0.2) is 9.78 Å². The van der Waals surface area contributed by atoms with Crippen LogP contribution in [-0.2, 0) is 0 Å². The standard InChI is InChI=1S/C12H15N3O5/c16-7-6-14(8-2-1-3-8)11-10(15(19)20)5-4-9(13-11)12(17)18/h4-5,8,16H,1-3,6-7H2,(H,17,18). The zero-order chi connectivity index (χ0) is 14.7. The van der Waals surface area contributed by atoms with E-state index in [0.717, 1.165) is 31.4 Å². The summed E-state index contributed by atoms with van der Waals surface area (Å²) in [7, 11) is 0. The van der Waals surface area contributed by atoms with Crippen molar-refractivity contribution in [1.82, 2.24) is 4.98 Å². The smallest absolute Gasteiger partial charge is 0.354 e. The zero-order valence-corrected chi connectivity index (χ0v) is 10.7. The van der Waals surface area contributed by atoms with E-state index in [9.17, 15) is 14.9 Å². The van der Waals surface area contributed by atoms with Gasteiger partial charge in [-0.3, -0.25) is 10.1 Å². The summed E-state index contributed by atoms with van der Waals surface area (Å²) in [6, 6.07) is 2.33. The number of carboxylic acids is 1. The molecule has 2 rings (SSSR count). The van der Waals surface area contributed by atoms with Gasteiger partial charge >= 0.3 is 11.7 Å². The Labute approximate surface area is 114 Å². The highest BCUT2D eigenvalue weighted by Crippen LogP contribution is 2.33. The Morgan fingerprint density at radius 2 is 2.20 bits per heavy atom. The number of hydrogen-bond acceptors (Lipinski definition) is 6. The van der Waals surface area contributed by atoms with E-state index in [1.807, 2.05) is 0 Å². The van der Waals surface area contributed by atoms with Gasteiger partial charge in [-0.05, 0) is 25.3 Å². The molecule has 8 nitrogen and oxygen atoms in total. The Bertz CT molecular complexity index is 530. The number of carboxylic acid groups (broad SMARTS) is 1. The summed E-state index contributed by atoms with van der Waals surface area (Å²) in [6.45, 7) is 0.0220. The normalized spacial score (nSPS) is 14.7. The average molecular weight is 281 g/mol. The Morgan fingerprint density at radius 1 is 1.50 bits per heavy atom. The van der Waals surface area contributed by atoms with Crippen LogP contribution in [0.3, 0.4) is 0 Å². The Morgan fingerprint density at radius 3 is 2.65 bits per heavy atom. The van der Waals surface area contributed by atoms with Crippen molar-refractivity contribution < 1.29 is 19.9 Å². The summed E-state index contributed by atoms with van der Waals surface area (Å²) < 4.78 is 0. The molecular weight excluding hydrogens is 266 g/mol. The van der Waals surface area contributed by atoms with Gasteiger partial charge in [-0.2, -0.15) is 0 Å². The second-order valence-corrected chi connectivity index (χ2v) is 4.60. The minimum Gasteiger partial charge on any atom is -0.477 e. The lowest BCUT2D eigenvalue weighted by molar-refractivity contribution is -0.384. The monoisotopic (exact) mass is 281 g/mol. The molecule has 1 aromatic rings. The van der Waals surface area contributed by atoms with Crippen LogP contribution in [0, 0.1) is 10.1 Å². The van der Waals surface area contributed by atoms with Gasteiger partial charge in [0.15, 0.2) is 5.69 Å². The van der Waals surface area contributed by atoms with Crippen LogP contribution >= 0.6 is 0 Å². The summed E-state index contributed by atoms with van der Waals surface area (Å²) in [5.74, 6) is -1.22. The van der Waals surface area contributed by atoms with Gasteiger partial charge < -0.3 is 15.1 Å². The lowest BCUT2D eigenvalue weighted by atomic mass is 9.91. The number of aromatic carboxylic acids is 1. The van der Waals surface area contributed by atoms with E-state index < -0.39 is 10.9 Å². The number of aromatic nitrogens is 1. The van der Waals surface area contributed by atoms with Crippen LogP contribution < -0.4 is 4.90 Å². The fraction of sp³-hybridized carbons (Fsp3) is 0.500. The molecule has 0 aliphatic heterocycles. The van der Waals surface area contributed by atoms with Crippen molar-refractivity contribution in [2.24, 2.45) is 0 Å². The predicted octanol–water partition coefficient (Wildman–Crippen LogP) is 1.04. The first-order valence-electron chi connectivity index (χ1n) is 6.31. The van der Waals surface area contributed by atoms with Crippen molar-refractivity contribution in [3.63, 3.8) is 0 Å². The van der Waals surface area contributed by atoms with E-state index >= 15 is 0 Å². The van der Waals surface area contributed by atoms with E-state index in [1.165, 1.54) is 0 Å². The van der Waals surface area contributed by atoms with Crippen molar-refractivity contribution in [3.8, 4) is 0 Å². The summed E-state index contributed by atoms with van der Waals surface area (Å²) in [5.41, 5.74) is -0.483. The summed E-state index contributed by atoms with van der Waals surface area (Å²) in [5, 5.41) is 29.1. The maximum atomic E-state index is 11.1. The molecule has 0 saturated heterocycles. The second kappa shape index (κ2) is 5.83. The molecular formula is C12H15N3O5. The molecule has 0 spiro atoms. The minimum absolute atomic E-state index is 0.0219. The van der Waals surface area contributed by atoms with Crippen LogP contribution in [0.15, 0.2) is 12.1 Å². The fourth-order valence-electron chi connectivity index (χ4n) is 2.18. The van der Waals surface area contributed by atoms with Crippen LogP contribution in [0.25, 0.3) is 0 Å². The molecule has 0 aromatic carbocycles. The van der Waals surface area contributed by atoms with Crippen molar-refractivity contribution in [2.45, 2.75) is 25.3 Å². The number of nitrogens with zero attached hydrogens (tertiary/aromatic N) is 3. The lowest BCUT2D eigenvalue weighted by Crippen LogP contribution is -2.42. The van der Waals surface area contributed by atoms with Gasteiger partial charge in [0.05, 0.1) is 11.5 Å². The number of aliphatic hydroxyl groups excluding tert-OH is 1. The maximum Gasteiger partial charge on any atom is 0.354 e. The van der Waals surface area contributed by atoms with Gasteiger partial charge in [0, 0.05) is 18.7 Å². The Balaban J connectivity index is 2.45. The highest BCUT2D eigenvalue weighted by Gasteiger charge is 2.31. The number of nitro groups is 1. The zero-order valence-electron chi connectivity index (χ0n) is 10.7.